The van der Waals surface area contributed by atoms with Gasteiger partial charge in [0.2, 0.25) is 0 Å². The van der Waals surface area contributed by atoms with Crippen molar-refractivity contribution in [1.82, 2.24) is 0 Å². The standard InChI is InChI=1S/C10H11O2/c1-12-10-6-4-9(5-7-10)3-2-8-11/h2-7H,8H2,1H3/b3-2+. The Bertz CT molecular complexity index is 249. The van der Waals surface area contributed by atoms with Crippen molar-refractivity contribution in [3.63, 3.8) is 0 Å². The van der Waals surface area contributed by atoms with Gasteiger partial charge < -0.3 is 4.74 Å². The first-order valence-electron chi connectivity index (χ1n) is 3.75. The van der Waals surface area contributed by atoms with Crippen molar-refractivity contribution in [2.45, 2.75) is 0 Å². The molecule has 0 bridgehead atoms. The molecule has 0 aliphatic carbocycles. The second-order valence-electron chi connectivity index (χ2n) is 2.34. The SMILES string of the molecule is COc1ccc(/C=C/C[O])cc1. The van der Waals surface area contributed by atoms with Gasteiger partial charge in [0.15, 0.2) is 0 Å². The molecule has 0 heterocycles. The topological polar surface area (TPSA) is 29.1 Å². The highest BCUT2D eigenvalue weighted by molar-refractivity contribution is 5.50. The first-order valence-corrected chi connectivity index (χ1v) is 3.75. The van der Waals surface area contributed by atoms with Crippen LogP contribution in [0, 0.1) is 0 Å². The highest BCUT2D eigenvalue weighted by atomic mass is 16.5. The van der Waals surface area contributed by atoms with Crippen LogP contribution in [0.3, 0.4) is 0 Å². The molecule has 0 atom stereocenters. The minimum absolute atomic E-state index is 0.175. The summed E-state index contributed by atoms with van der Waals surface area (Å²) < 4.78 is 4.99. The lowest BCUT2D eigenvalue weighted by atomic mass is 10.2. The third kappa shape index (κ3) is 2.40. The Hall–Kier alpha value is -1.28. The van der Waals surface area contributed by atoms with Crippen LogP contribution in [0.15, 0.2) is 30.3 Å². The lowest BCUT2D eigenvalue weighted by molar-refractivity contribution is 0.233. The van der Waals surface area contributed by atoms with Crippen molar-refractivity contribution in [2.24, 2.45) is 0 Å². The number of ether oxygens (including phenoxy) is 1. The van der Waals surface area contributed by atoms with E-state index in [1.165, 1.54) is 0 Å². The van der Waals surface area contributed by atoms with E-state index in [1.807, 2.05) is 24.3 Å². The van der Waals surface area contributed by atoms with Gasteiger partial charge in [0, 0.05) is 0 Å². The molecule has 0 fully saturated rings. The third-order valence-corrected chi connectivity index (χ3v) is 1.52. The lowest BCUT2D eigenvalue weighted by Crippen LogP contribution is -1.81. The second-order valence-corrected chi connectivity index (χ2v) is 2.34. The molecule has 0 unspecified atom stereocenters. The zero-order valence-corrected chi connectivity index (χ0v) is 6.99. The van der Waals surface area contributed by atoms with E-state index in [0.717, 1.165) is 11.3 Å². The number of hydrogen-bond donors (Lipinski definition) is 0. The molecule has 0 saturated heterocycles. The maximum absolute atomic E-state index is 10.1. The minimum atomic E-state index is -0.175. The molecule has 2 heteroatoms. The Morgan fingerprint density at radius 1 is 1.33 bits per heavy atom. The van der Waals surface area contributed by atoms with Crippen molar-refractivity contribution >= 4 is 6.08 Å². The van der Waals surface area contributed by atoms with Gasteiger partial charge in [-0.2, -0.15) is 0 Å². The van der Waals surface area contributed by atoms with Crippen LogP contribution in [-0.2, 0) is 5.11 Å². The Morgan fingerprint density at radius 2 is 2.00 bits per heavy atom. The van der Waals surface area contributed by atoms with Crippen molar-refractivity contribution in [3.8, 4) is 5.75 Å². The number of benzene rings is 1. The quantitative estimate of drug-likeness (QED) is 0.671. The maximum Gasteiger partial charge on any atom is 0.118 e. The Balaban J connectivity index is 2.71. The third-order valence-electron chi connectivity index (χ3n) is 1.52. The van der Waals surface area contributed by atoms with Gasteiger partial charge in [0.05, 0.1) is 7.11 Å². The summed E-state index contributed by atoms with van der Waals surface area (Å²) in [5, 5.41) is 10.1. The van der Waals surface area contributed by atoms with Gasteiger partial charge in [0.1, 0.15) is 12.4 Å². The molecular formula is C10H11O2. The van der Waals surface area contributed by atoms with Crippen LogP contribution in [-0.4, -0.2) is 13.7 Å². The summed E-state index contributed by atoms with van der Waals surface area (Å²) in [6, 6.07) is 7.55. The molecule has 0 aliphatic rings. The van der Waals surface area contributed by atoms with E-state index in [2.05, 4.69) is 0 Å². The predicted molar refractivity (Wildman–Crippen MR) is 47.6 cm³/mol. The number of methoxy groups -OCH3 is 1. The lowest BCUT2D eigenvalue weighted by Gasteiger charge is -1.98. The van der Waals surface area contributed by atoms with E-state index in [-0.39, 0.29) is 6.61 Å². The van der Waals surface area contributed by atoms with E-state index in [9.17, 15) is 5.11 Å². The zero-order chi connectivity index (χ0) is 8.81. The largest absolute Gasteiger partial charge is 0.497 e. The smallest absolute Gasteiger partial charge is 0.118 e. The van der Waals surface area contributed by atoms with Crippen molar-refractivity contribution in [3.05, 3.63) is 35.9 Å². The van der Waals surface area contributed by atoms with Gasteiger partial charge in [-0.1, -0.05) is 24.3 Å². The monoisotopic (exact) mass is 163 g/mol. The fraction of sp³-hybridized carbons (Fsp3) is 0.200. The van der Waals surface area contributed by atoms with Gasteiger partial charge in [-0.25, -0.2) is 5.11 Å². The van der Waals surface area contributed by atoms with Gasteiger partial charge >= 0.3 is 0 Å². The molecule has 0 saturated carbocycles. The van der Waals surface area contributed by atoms with Crippen LogP contribution in [0.25, 0.3) is 6.08 Å². The van der Waals surface area contributed by atoms with Crippen LogP contribution in [0.2, 0.25) is 0 Å². The molecule has 1 aromatic rings. The summed E-state index contributed by atoms with van der Waals surface area (Å²) in [6.45, 7) is -0.175. The van der Waals surface area contributed by atoms with Crippen LogP contribution < -0.4 is 4.74 Å². The van der Waals surface area contributed by atoms with Crippen molar-refractivity contribution in [2.75, 3.05) is 13.7 Å². The van der Waals surface area contributed by atoms with Crippen LogP contribution in [0.4, 0.5) is 0 Å². The Labute approximate surface area is 72.1 Å². The fourth-order valence-electron chi connectivity index (χ4n) is 0.899. The van der Waals surface area contributed by atoms with E-state index < -0.39 is 0 Å². The normalized spacial score (nSPS) is 10.5. The molecule has 0 spiro atoms. The molecule has 2 nitrogen and oxygen atoms in total. The first kappa shape index (κ1) is 8.81. The number of hydrogen-bond acceptors (Lipinski definition) is 1. The summed E-state index contributed by atoms with van der Waals surface area (Å²) in [7, 11) is 1.63. The number of rotatable bonds is 3. The van der Waals surface area contributed by atoms with E-state index in [4.69, 9.17) is 4.74 Å². The van der Waals surface area contributed by atoms with Gasteiger partial charge in [-0.15, -0.1) is 0 Å². The molecule has 63 valence electrons. The summed E-state index contributed by atoms with van der Waals surface area (Å²) in [5.74, 6) is 0.828. The molecular weight excluding hydrogens is 152 g/mol. The molecule has 0 aliphatic heterocycles. The molecule has 1 radical (unpaired) electrons. The van der Waals surface area contributed by atoms with Gasteiger partial charge in [-0.05, 0) is 17.7 Å². The molecule has 12 heavy (non-hydrogen) atoms. The summed E-state index contributed by atoms with van der Waals surface area (Å²) in [4.78, 5) is 0. The summed E-state index contributed by atoms with van der Waals surface area (Å²) in [6.07, 6.45) is 3.38. The molecule has 1 rings (SSSR count). The Kier molecular flexibility index (Phi) is 3.35. The molecule has 0 N–H and O–H groups in total. The van der Waals surface area contributed by atoms with Crippen LogP contribution in [0.1, 0.15) is 5.56 Å². The Morgan fingerprint density at radius 3 is 2.50 bits per heavy atom. The molecule has 0 amide bonds. The van der Waals surface area contributed by atoms with Gasteiger partial charge in [-0.3, -0.25) is 0 Å². The van der Waals surface area contributed by atoms with Crippen LogP contribution >= 0.6 is 0 Å². The van der Waals surface area contributed by atoms with Crippen molar-refractivity contribution in [1.29, 1.82) is 0 Å². The average molecular weight is 163 g/mol. The summed E-state index contributed by atoms with van der Waals surface area (Å²) >= 11 is 0. The molecule has 0 aromatic heterocycles. The highest BCUT2D eigenvalue weighted by Gasteiger charge is 1.88. The first-order chi connectivity index (χ1) is 5.86. The van der Waals surface area contributed by atoms with Crippen molar-refractivity contribution < 1.29 is 9.84 Å². The molecule has 1 aromatic carbocycles. The summed E-state index contributed by atoms with van der Waals surface area (Å²) in [5.41, 5.74) is 1.02. The predicted octanol–water partition coefficient (Wildman–Crippen LogP) is 2.14. The van der Waals surface area contributed by atoms with E-state index >= 15 is 0 Å². The van der Waals surface area contributed by atoms with Gasteiger partial charge in [0.25, 0.3) is 0 Å². The minimum Gasteiger partial charge on any atom is -0.497 e. The second kappa shape index (κ2) is 4.57. The van der Waals surface area contributed by atoms with Crippen LogP contribution in [0.5, 0.6) is 5.75 Å². The maximum atomic E-state index is 10.1. The zero-order valence-electron chi connectivity index (χ0n) is 6.99. The highest BCUT2D eigenvalue weighted by Crippen LogP contribution is 2.11. The average Bonchev–Trinajstić information content (AvgIpc) is 2.15. The fourth-order valence-corrected chi connectivity index (χ4v) is 0.899. The van der Waals surface area contributed by atoms with E-state index in [1.54, 1.807) is 19.3 Å². The van der Waals surface area contributed by atoms with E-state index in [0.29, 0.717) is 0 Å².